The van der Waals surface area contributed by atoms with E-state index >= 15 is 0 Å². The van der Waals surface area contributed by atoms with Gasteiger partial charge in [0.1, 0.15) is 0 Å². The SMILES string of the molecule is CC(C)(S)CN1CCN(CCN2CCCC2)C1C(C)(C)S. The maximum atomic E-state index is 4.90. The average Bonchev–Trinajstić information content (AvgIpc) is 2.91. The summed E-state index contributed by atoms with van der Waals surface area (Å²) in [6.07, 6.45) is 3.16. The van der Waals surface area contributed by atoms with Crippen molar-refractivity contribution < 1.29 is 0 Å². The van der Waals surface area contributed by atoms with Crippen LogP contribution in [0.25, 0.3) is 0 Å². The van der Waals surface area contributed by atoms with Crippen molar-refractivity contribution in [3.8, 4) is 0 Å². The third kappa shape index (κ3) is 5.31. The Kier molecular flexibility index (Phi) is 5.97. The first-order chi connectivity index (χ1) is 9.67. The largest absolute Gasteiger partial charge is 0.302 e. The molecule has 0 aromatic carbocycles. The van der Waals surface area contributed by atoms with Gasteiger partial charge in [-0.15, -0.1) is 0 Å². The van der Waals surface area contributed by atoms with Crippen molar-refractivity contribution in [2.75, 3.05) is 45.8 Å². The maximum Gasteiger partial charge on any atom is 0.0767 e. The molecule has 2 heterocycles. The number of thiol groups is 2. The van der Waals surface area contributed by atoms with Gasteiger partial charge in [-0.1, -0.05) is 0 Å². The Hall–Kier alpha value is 0.580. The molecule has 0 radical (unpaired) electrons. The summed E-state index contributed by atoms with van der Waals surface area (Å²) in [5, 5.41) is 0. The average molecular weight is 332 g/mol. The first kappa shape index (κ1) is 17.9. The molecule has 5 heteroatoms. The molecule has 0 aromatic rings. The molecule has 0 bridgehead atoms. The van der Waals surface area contributed by atoms with Crippen LogP contribution in [0.2, 0.25) is 0 Å². The highest BCUT2D eigenvalue weighted by molar-refractivity contribution is 7.82. The van der Waals surface area contributed by atoms with Gasteiger partial charge in [-0.2, -0.15) is 25.3 Å². The third-order valence-electron chi connectivity index (χ3n) is 4.49. The van der Waals surface area contributed by atoms with E-state index in [4.69, 9.17) is 25.3 Å². The maximum absolute atomic E-state index is 4.90. The van der Waals surface area contributed by atoms with Crippen molar-refractivity contribution in [3.63, 3.8) is 0 Å². The lowest BCUT2D eigenvalue weighted by molar-refractivity contribution is 0.0952. The molecule has 1 unspecified atom stereocenters. The minimum absolute atomic E-state index is 0.0134. The van der Waals surface area contributed by atoms with Gasteiger partial charge >= 0.3 is 0 Å². The van der Waals surface area contributed by atoms with E-state index in [9.17, 15) is 0 Å². The summed E-state index contributed by atoms with van der Waals surface area (Å²) in [5.74, 6) is 0. The number of nitrogens with zero attached hydrogens (tertiary/aromatic N) is 3. The van der Waals surface area contributed by atoms with E-state index in [2.05, 4.69) is 42.4 Å². The quantitative estimate of drug-likeness (QED) is 0.724. The highest BCUT2D eigenvalue weighted by atomic mass is 32.1. The molecule has 0 amide bonds. The van der Waals surface area contributed by atoms with E-state index in [1.54, 1.807) is 0 Å². The Morgan fingerprint density at radius 2 is 1.43 bits per heavy atom. The summed E-state index contributed by atoms with van der Waals surface area (Å²) in [7, 11) is 0. The van der Waals surface area contributed by atoms with Crippen LogP contribution in [-0.2, 0) is 0 Å². The summed E-state index contributed by atoms with van der Waals surface area (Å²) >= 11 is 9.62. The number of hydrogen-bond acceptors (Lipinski definition) is 5. The summed E-state index contributed by atoms with van der Waals surface area (Å²) in [6, 6.07) is 0. The van der Waals surface area contributed by atoms with Crippen LogP contribution in [0.5, 0.6) is 0 Å². The molecule has 3 nitrogen and oxygen atoms in total. The van der Waals surface area contributed by atoms with Gasteiger partial charge in [-0.25, -0.2) is 0 Å². The van der Waals surface area contributed by atoms with Gasteiger partial charge in [0, 0.05) is 42.2 Å². The van der Waals surface area contributed by atoms with Gasteiger partial charge < -0.3 is 4.90 Å². The van der Waals surface area contributed by atoms with Crippen LogP contribution in [0.15, 0.2) is 0 Å². The predicted molar refractivity (Wildman–Crippen MR) is 98.7 cm³/mol. The van der Waals surface area contributed by atoms with Crippen molar-refractivity contribution in [2.24, 2.45) is 0 Å². The van der Waals surface area contributed by atoms with Crippen LogP contribution >= 0.6 is 25.3 Å². The standard InChI is InChI=1S/C16H33N3S2/c1-15(2,20)13-19-12-11-18(14(19)16(3,4)21)10-9-17-7-5-6-8-17/h14,20-21H,5-13H2,1-4H3. The highest BCUT2D eigenvalue weighted by Crippen LogP contribution is 2.31. The molecule has 1 atom stereocenters. The minimum Gasteiger partial charge on any atom is -0.302 e. The van der Waals surface area contributed by atoms with Gasteiger partial charge in [0.2, 0.25) is 0 Å². The molecule has 124 valence electrons. The zero-order valence-electron chi connectivity index (χ0n) is 14.2. The number of likely N-dealkylation sites (tertiary alicyclic amines) is 1. The Morgan fingerprint density at radius 3 is 1.95 bits per heavy atom. The molecule has 0 aliphatic carbocycles. The van der Waals surface area contributed by atoms with E-state index in [0.29, 0.717) is 6.17 Å². The van der Waals surface area contributed by atoms with E-state index < -0.39 is 0 Å². The topological polar surface area (TPSA) is 9.72 Å². The molecule has 2 fully saturated rings. The lowest BCUT2D eigenvalue weighted by Gasteiger charge is -2.41. The normalized spacial score (nSPS) is 26.9. The monoisotopic (exact) mass is 331 g/mol. The van der Waals surface area contributed by atoms with Crippen LogP contribution < -0.4 is 0 Å². The van der Waals surface area contributed by atoms with Crippen LogP contribution in [0.3, 0.4) is 0 Å². The fraction of sp³-hybridized carbons (Fsp3) is 1.00. The highest BCUT2D eigenvalue weighted by Gasteiger charge is 2.41. The second-order valence-electron chi connectivity index (χ2n) is 7.89. The third-order valence-corrected chi connectivity index (χ3v) is 4.86. The lowest BCUT2D eigenvalue weighted by Crippen LogP contribution is -2.53. The summed E-state index contributed by atoms with van der Waals surface area (Å²) in [6.45, 7) is 17.1. The Bertz CT molecular complexity index is 329. The van der Waals surface area contributed by atoms with Crippen LogP contribution in [0.1, 0.15) is 40.5 Å². The zero-order valence-corrected chi connectivity index (χ0v) is 16.0. The van der Waals surface area contributed by atoms with Crippen molar-refractivity contribution >= 4 is 25.3 Å². The fourth-order valence-electron chi connectivity index (χ4n) is 3.80. The molecular formula is C16H33N3S2. The Morgan fingerprint density at radius 1 is 0.857 bits per heavy atom. The van der Waals surface area contributed by atoms with Crippen LogP contribution in [-0.4, -0.2) is 76.2 Å². The van der Waals surface area contributed by atoms with Gasteiger partial charge in [0.25, 0.3) is 0 Å². The van der Waals surface area contributed by atoms with E-state index in [1.807, 2.05) is 0 Å². The van der Waals surface area contributed by atoms with Crippen molar-refractivity contribution in [1.82, 2.24) is 14.7 Å². The molecular weight excluding hydrogens is 298 g/mol. The summed E-state index contributed by atoms with van der Waals surface area (Å²) in [4.78, 5) is 7.81. The molecule has 0 N–H and O–H groups in total. The number of rotatable bonds is 6. The lowest BCUT2D eigenvalue weighted by atomic mass is 10.1. The van der Waals surface area contributed by atoms with Gasteiger partial charge in [-0.05, 0) is 53.6 Å². The smallest absolute Gasteiger partial charge is 0.0767 e. The molecule has 0 saturated carbocycles. The zero-order chi connectivity index (χ0) is 15.7. The van der Waals surface area contributed by atoms with Gasteiger partial charge in [0.15, 0.2) is 0 Å². The van der Waals surface area contributed by atoms with Gasteiger partial charge in [-0.3, -0.25) is 9.80 Å². The first-order valence-electron chi connectivity index (χ1n) is 8.32. The molecule has 21 heavy (non-hydrogen) atoms. The van der Waals surface area contributed by atoms with Crippen molar-refractivity contribution in [1.29, 1.82) is 0 Å². The Labute approximate surface area is 142 Å². The van der Waals surface area contributed by atoms with E-state index in [-0.39, 0.29) is 9.49 Å². The van der Waals surface area contributed by atoms with E-state index in [0.717, 1.165) is 26.2 Å². The van der Waals surface area contributed by atoms with Crippen LogP contribution in [0.4, 0.5) is 0 Å². The molecule has 0 spiro atoms. The van der Waals surface area contributed by atoms with E-state index in [1.165, 1.54) is 32.5 Å². The molecule has 2 aliphatic rings. The van der Waals surface area contributed by atoms with Gasteiger partial charge in [0.05, 0.1) is 6.17 Å². The molecule has 2 saturated heterocycles. The first-order valence-corrected chi connectivity index (χ1v) is 9.21. The molecule has 2 aliphatic heterocycles. The predicted octanol–water partition coefficient (Wildman–Crippen LogP) is 2.44. The second kappa shape index (κ2) is 7.00. The minimum atomic E-state index is -0.0134. The second-order valence-corrected chi connectivity index (χ2v) is 10.3. The fourth-order valence-corrected chi connectivity index (χ4v) is 4.31. The van der Waals surface area contributed by atoms with Crippen molar-refractivity contribution in [2.45, 2.75) is 56.2 Å². The molecule has 2 rings (SSSR count). The van der Waals surface area contributed by atoms with Crippen LogP contribution in [0, 0.1) is 0 Å². The number of hydrogen-bond donors (Lipinski definition) is 2. The summed E-state index contributed by atoms with van der Waals surface area (Å²) < 4.78 is 0.0305. The molecule has 0 aromatic heterocycles. The Balaban J connectivity index is 1.96. The summed E-state index contributed by atoms with van der Waals surface area (Å²) in [5.41, 5.74) is 0. The van der Waals surface area contributed by atoms with Crippen molar-refractivity contribution in [3.05, 3.63) is 0 Å².